The maximum Gasteiger partial charge on any atom is 0.305 e. The monoisotopic (exact) mass is 204 g/mol. The molecule has 1 aromatic heterocycles. The van der Waals surface area contributed by atoms with Crippen LogP contribution in [0.15, 0.2) is 30.3 Å². The van der Waals surface area contributed by atoms with E-state index in [-0.39, 0.29) is 6.42 Å². The number of hydrogen-bond acceptors (Lipinski definition) is 2. The van der Waals surface area contributed by atoms with Crippen LogP contribution in [0, 0.1) is 0 Å². The molecule has 15 heavy (non-hydrogen) atoms. The Morgan fingerprint density at radius 3 is 2.87 bits per heavy atom. The summed E-state index contributed by atoms with van der Waals surface area (Å²) in [5, 5.41) is 9.68. The van der Waals surface area contributed by atoms with E-state index in [0.717, 1.165) is 16.6 Å². The van der Waals surface area contributed by atoms with Gasteiger partial charge in [0.05, 0.1) is 12.5 Å². The molecule has 0 radical (unpaired) electrons. The third-order valence-corrected chi connectivity index (χ3v) is 2.34. The molecule has 78 valence electrons. The van der Waals surface area contributed by atoms with E-state index in [1.165, 1.54) is 0 Å². The molecule has 0 aliphatic heterocycles. The smallest absolute Gasteiger partial charge is 0.305 e. The Morgan fingerprint density at radius 1 is 1.47 bits per heavy atom. The first-order valence-electron chi connectivity index (χ1n) is 4.72. The molecule has 0 amide bonds. The molecule has 4 N–H and O–H groups in total. The summed E-state index contributed by atoms with van der Waals surface area (Å²) in [4.78, 5) is 13.6. The molecule has 4 nitrogen and oxygen atoms in total. The van der Waals surface area contributed by atoms with Crippen molar-refractivity contribution >= 4 is 16.9 Å². The Kier molecular flexibility index (Phi) is 2.43. The van der Waals surface area contributed by atoms with E-state index >= 15 is 0 Å². The Hall–Kier alpha value is -1.81. The number of para-hydroxylation sites is 1. The van der Waals surface area contributed by atoms with E-state index in [1.54, 1.807) is 0 Å². The summed E-state index contributed by atoms with van der Waals surface area (Å²) < 4.78 is 0. The van der Waals surface area contributed by atoms with Crippen LogP contribution in [0.5, 0.6) is 0 Å². The summed E-state index contributed by atoms with van der Waals surface area (Å²) in [5.74, 6) is -0.888. The van der Waals surface area contributed by atoms with E-state index in [1.807, 2.05) is 30.3 Å². The number of aromatic nitrogens is 1. The van der Waals surface area contributed by atoms with Gasteiger partial charge in [0.15, 0.2) is 0 Å². The van der Waals surface area contributed by atoms with Crippen LogP contribution >= 0.6 is 0 Å². The van der Waals surface area contributed by atoms with Crippen molar-refractivity contribution in [2.75, 3.05) is 0 Å². The second-order valence-corrected chi connectivity index (χ2v) is 3.52. The Labute approximate surface area is 86.7 Å². The van der Waals surface area contributed by atoms with Crippen LogP contribution in [0.25, 0.3) is 10.9 Å². The zero-order valence-electron chi connectivity index (χ0n) is 8.10. The number of aliphatic carboxylic acids is 1. The number of aromatic amines is 1. The molecule has 2 aromatic rings. The number of hydrogen-bond donors (Lipinski definition) is 3. The number of nitrogens with two attached hydrogens (primary N) is 1. The highest BCUT2D eigenvalue weighted by atomic mass is 16.4. The predicted octanol–water partition coefficient (Wildman–Crippen LogP) is 1.64. The van der Waals surface area contributed by atoms with E-state index in [2.05, 4.69) is 4.98 Å². The van der Waals surface area contributed by atoms with Crippen molar-refractivity contribution in [3.05, 3.63) is 36.0 Å². The van der Waals surface area contributed by atoms with Crippen LogP contribution in [0.1, 0.15) is 18.2 Å². The van der Waals surface area contributed by atoms with Crippen molar-refractivity contribution in [3.8, 4) is 0 Å². The summed E-state index contributed by atoms with van der Waals surface area (Å²) in [6.45, 7) is 0. The summed E-state index contributed by atoms with van der Waals surface area (Å²) in [7, 11) is 0. The largest absolute Gasteiger partial charge is 0.481 e. The highest BCUT2D eigenvalue weighted by Gasteiger charge is 2.12. The number of benzene rings is 1. The SMILES string of the molecule is N[C@@H](CC(=O)O)c1cc2ccccc2[nH]1. The molecule has 0 spiro atoms. The van der Waals surface area contributed by atoms with E-state index in [0.29, 0.717) is 0 Å². The fraction of sp³-hybridized carbons (Fsp3) is 0.182. The van der Waals surface area contributed by atoms with Crippen molar-refractivity contribution in [2.45, 2.75) is 12.5 Å². The van der Waals surface area contributed by atoms with Crippen molar-refractivity contribution in [1.29, 1.82) is 0 Å². The molecule has 0 saturated carbocycles. The zero-order chi connectivity index (χ0) is 10.8. The fourth-order valence-electron chi connectivity index (χ4n) is 1.59. The second kappa shape index (κ2) is 3.74. The maximum atomic E-state index is 10.5. The highest BCUT2D eigenvalue weighted by molar-refractivity contribution is 5.80. The van der Waals surface area contributed by atoms with E-state index < -0.39 is 12.0 Å². The number of H-pyrrole nitrogens is 1. The lowest BCUT2D eigenvalue weighted by molar-refractivity contribution is -0.137. The fourth-order valence-corrected chi connectivity index (χ4v) is 1.59. The van der Waals surface area contributed by atoms with Gasteiger partial charge in [0.1, 0.15) is 0 Å². The first kappa shape index (κ1) is 9.73. The Balaban J connectivity index is 2.32. The zero-order valence-corrected chi connectivity index (χ0v) is 8.10. The molecule has 2 rings (SSSR count). The molecule has 0 saturated heterocycles. The summed E-state index contributed by atoms with van der Waals surface area (Å²) in [6.07, 6.45) is -0.0627. The van der Waals surface area contributed by atoms with Gasteiger partial charge in [0.2, 0.25) is 0 Å². The quantitative estimate of drug-likeness (QED) is 0.711. The van der Waals surface area contributed by atoms with Gasteiger partial charge in [-0.3, -0.25) is 4.79 Å². The lowest BCUT2D eigenvalue weighted by Crippen LogP contribution is -2.15. The van der Waals surface area contributed by atoms with Crippen molar-refractivity contribution in [3.63, 3.8) is 0 Å². The van der Waals surface area contributed by atoms with Crippen molar-refractivity contribution in [1.82, 2.24) is 4.98 Å². The average molecular weight is 204 g/mol. The molecule has 0 unspecified atom stereocenters. The number of nitrogens with one attached hydrogen (secondary N) is 1. The van der Waals surface area contributed by atoms with Gasteiger partial charge in [-0.2, -0.15) is 0 Å². The van der Waals surface area contributed by atoms with Crippen LogP contribution in [0.2, 0.25) is 0 Å². The molecule has 0 aliphatic carbocycles. The first-order valence-corrected chi connectivity index (χ1v) is 4.72. The van der Waals surface area contributed by atoms with Gasteiger partial charge in [0.25, 0.3) is 0 Å². The van der Waals surface area contributed by atoms with Crippen LogP contribution in [-0.4, -0.2) is 16.1 Å². The summed E-state index contributed by atoms with van der Waals surface area (Å²) in [6, 6.07) is 9.17. The molecule has 1 heterocycles. The van der Waals surface area contributed by atoms with Gasteiger partial charge >= 0.3 is 5.97 Å². The lowest BCUT2D eigenvalue weighted by Gasteiger charge is -2.05. The second-order valence-electron chi connectivity index (χ2n) is 3.52. The van der Waals surface area contributed by atoms with Gasteiger partial charge in [0, 0.05) is 11.2 Å². The number of carboxylic acid groups (broad SMARTS) is 1. The molecular formula is C11H12N2O2. The minimum absolute atomic E-state index is 0.0627. The number of fused-ring (bicyclic) bond motifs is 1. The molecule has 1 atom stereocenters. The van der Waals surface area contributed by atoms with Crippen LogP contribution < -0.4 is 5.73 Å². The minimum atomic E-state index is -0.888. The van der Waals surface area contributed by atoms with Gasteiger partial charge < -0.3 is 15.8 Å². The van der Waals surface area contributed by atoms with Crippen molar-refractivity contribution in [2.24, 2.45) is 5.73 Å². The molecule has 0 fully saturated rings. The Morgan fingerprint density at radius 2 is 2.20 bits per heavy atom. The van der Waals surface area contributed by atoms with Gasteiger partial charge in [-0.25, -0.2) is 0 Å². The maximum absolute atomic E-state index is 10.5. The minimum Gasteiger partial charge on any atom is -0.481 e. The highest BCUT2D eigenvalue weighted by Crippen LogP contribution is 2.20. The third kappa shape index (κ3) is 1.99. The number of rotatable bonds is 3. The normalized spacial score (nSPS) is 12.9. The number of carbonyl (C=O) groups is 1. The van der Waals surface area contributed by atoms with E-state index in [4.69, 9.17) is 10.8 Å². The standard InChI is InChI=1S/C11H12N2O2/c12-8(6-11(14)15)10-5-7-3-1-2-4-9(7)13-10/h1-5,8,13H,6,12H2,(H,14,15)/t8-/m0/s1. The third-order valence-electron chi connectivity index (χ3n) is 2.34. The Bertz CT molecular complexity index is 457. The molecular weight excluding hydrogens is 192 g/mol. The number of carboxylic acids is 1. The van der Waals surface area contributed by atoms with Crippen LogP contribution in [-0.2, 0) is 4.79 Å². The molecule has 4 heteroatoms. The summed E-state index contributed by atoms with van der Waals surface area (Å²) >= 11 is 0. The lowest BCUT2D eigenvalue weighted by atomic mass is 10.1. The van der Waals surface area contributed by atoms with Gasteiger partial charge in [-0.05, 0) is 17.5 Å². The molecule has 0 bridgehead atoms. The predicted molar refractivity (Wildman–Crippen MR) is 57.5 cm³/mol. The first-order chi connectivity index (χ1) is 7.16. The topological polar surface area (TPSA) is 79.1 Å². The van der Waals surface area contributed by atoms with Gasteiger partial charge in [-0.1, -0.05) is 18.2 Å². The molecule has 1 aromatic carbocycles. The van der Waals surface area contributed by atoms with Gasteiger partial charge in [-0.15, -0.1) is 0 Å². The average Bonchev–Trinajstić information content (AvgIpc) is 2.59. The van der Waals surface area contributed by atoms with E-state index in [9.17, 15) is 4.79 Å². The summed E-state index contributed by atoms with van der Waals surface area (Å²) in [5.41, 5.74) is 7.49. The molecule has 0 aliphatic rings. The van der Waals surface area contributed by atoms with Crippen molar-refractivity contribution < 1.29 is 9.90 Å². The van der Waals surface area contributed by atoms with Crippen LogP contribution in [0.4, 0.5) is 0 Å². The van der Waals surface area contributed by atoms with Crippen LogP contribution in [0.3, 0.4) is 0 Å².